The van der Waals surface area contributed by atoms with E-state index in [1.165, 1.54) is 18.5 Å². The molecule has 1 aromatic rings. The van der Waals surface area contributed by atoms with E-state index in [0.717, 1.165) is 0 Å². The highest BCUT2D eigenvalue weighted by molar-refractivity contribution is 5.67. The zero-order valence-electron chi connectivity index (χ0n) is 9.39. The quantitative estimate of drug-likeness (QED) is 0.598. The Labute approximate surface area is 97.7 Å². The van der Waals surface area contributed by atoms with Crippen molar-refractivity contribution in [2.75, 3.05) is 14.1 Å². The maximum atomic E-state index is 12.1. The molecule has 0 atom stereocenters. The molecule has 4 nitrogen and oxygen atoms in total. The summed E-state index contributed by atoms with van der Waals surface area (Å²) in [6, 6.07) is 6.16. The third-order valence-electron chi connectivity index (χ3n) is 1.76. The van der Waals surface area contributed by atoms with Crippen molar-refractivity contribution in [2.24, 2.45) is 4.99 Å². The van der Waals surface area contributed by atoms with Crippen molar-refractivity contribution in [3.63, 3.8) is 0 Å². The van der Waals surface area contributed by atoms with Gasteiger partial charge in [0.2, 0.25) is 0 Å². The zero-order valence-corrected chi connectivity index (χ0v) is 9.39. The van der Waals surface area contributed by atoms with Crippen LogP contribution >= 0.6 is 0 Å². The number of ether oxygens (including phenoxy) is 1. The summed E-state index contributed by atoms with van der Waals surface area (Å²) in [5.74, 6) is -0.170. The average Bonchev–Trinajstić information content (AvgIpc) is 2.25. The van der Waals surface area contributed by atoms with Crippen molar-refractivity contribution in [1.29, 1.82) is 5.26 Å². The van der Waals surface area contributed by atoms with Gasteiger partial charge in [0.25, 0.3) is 0 Å². The summed E-state index contributed by atoms with van der Waals surface area (Å²) in [7, 11) is 3.52. The lowest BCUT2D eigenvalue weighted by molar-refractivity contribution is -0.0499. The lowest BCUT2D eigenvalue weighted by Gasteiger charge is -2.08. The van der Waals surface area contributed by atoms with Crippen molar-refractivity contribution < 1.29 is 13.5 Å². The van der Waals surface area contributed by atoms with Crippen molar-refractivity contribution in [2.45, 2.75) is 6.61 Å². The van der Waals surface area contributed by atoms with E-state index in [1.807, 2.05) is 0 Å². The molecule has 0 aliphatic rings. The summed E-state index contributed by atoms with van der Waals surface area (Å²) >= 11 is 0. The van der Waals surface area contributed by atoms with E-state index >= 15 is 0 Å². The lowest BCUT2D eigenvalue weighted by atomic mass is 10.2. The van der Waals surface area contributed by atoms with Gasteiger partial charge in [-0.1, -0.05) is 6.07 Å². The third kappa shape index (κ3) is 3.72. The van der Waals surface area contributed by atoms with Crippen LogP contribution < -0.4 is 4.74 Å². The van der Waals surface area contributed by atoms with Crippen LogP contribution in [0.4, 0.5) is 14.5 Å². The summed E-state index contributed by atoms with van der Waals surface area (Å²) in [5, 5.41) is 8.91. The van der Waals surface area contributed by atoms with Crippen LogP contribution in [0, 0.1) is 11.3 Å². The van der Waals surface area contributed by atoms with Gasteiger partial charge in [0.1, 0.15) is 17.4 Å². The largest absolute Gasteiger partial charge is 0.433 e. The smallest absolute Gasteiger partial charge is 0.387 e. The first-order chi connectivity index (χ1) is 8.04. The minimum atomic E-state index is -2.96. The minimum Gasteiger partial charge on any atom is -0.433 e. The predicted molar refractivity (Wildman–Crippen MR) is 59.6 cm³/mol. The maximum absolute atomic E-state index is 12.1. The van der Waals surface area contributed by atoms with Crippen LogP contribution in [0.15, 0.2) is 23.2 Å². The van der Waals surface area contributed by atoms with Crippen LogP contribution in [-0.4, -0.2) is 31.9 Å². The summed E-state index contributed by atoms with van der Waals surface area (Å²) < 4.78 is 28.4. The Hall–Kier alpha value is -2.16. The monoisotopic (exact) mass is 239 g/mol. The molecule has 6 heteroatoms. The SMILES string of the molecule is CN(C)C=Nc1cccc(OC(F)F)c1C#N. The van der Waals surface area contributed by atoms with Crippen molar-refractivity contribution in [3.8, 4) is 11.8 Å². The van der Waals surface area contributed by atoms with Crippen LogP contribution in [0.25, 0.3) is 0 Å². The molecule has 0 aliphatic heterocycles. The molecule has 0 unspecified atom stereocenters. The number of rotatable bonds is 4. The molecule has 17 heavy (non-hydrogen) atoms. The second kappa shape index (κ2) is 5.80. The first-order valence-corrected chi connectivity index (χ1v) is 4.73. The molecule has 0 bridgehead atoms. The highest BCUT2D eigenvalue weighted by atomic mass is 19.3. The highest BCUT2D eigenvalue weighted by Crippen LogP contribution is 2.28. The first kappa shape index (κ1) is 12.9. The van der Waals surface area contributed by atoms with Crippen molar-refractivity contribution >= 4 is 12.0 Å². The molecule has 0 saturated carbocycles. The highest BCUT2D eigenvalue weighted by Gasteiger charge is 2.12. The Morgan fingerprint density at radius 1 is 1.47 bits per heavy atom. The first-order valence-electron chi connectivity index (χ1n) is 4.73. The predicted octanol–water partition coefficient (Wildman–Crippen LogP) is 2.38. The molecule has 0 saturated heterocycles. The molecule has 1 rings (SSSR count). The fourth-order valence-electron chi connectivity index (χ4n) is 1.11. The average molecular weight is 239 g/mol. The topological polar surface area (TPSA) is 48.6 Å². The van der Waals surface area contributed by atoms with Crippen LogP contribution in [0.1, 0.15) is 5.56 Å². The Bertz CT molecular complexity index is 453. The van der Waals surface area contributed by atoms with Crippen molar-refractivity contribution in [3.05, 3.63) is 23.8 Å². The molecular formula is C11H11F2N3O. The molecule has 0 aromatic heterocycles. The summed E-state index contributed by atoms with van der Waals surface area (Å²) in [6.45, 7) is -2.96. The third-order valence-corrected chi connectivity index (χ3v) is 1.76. The Morgan fingerprint density at radius 3 is 2.71 bits per heavy atom. The Balaban J connectivity index is 3.11. The molecule has 0 aliphatic carbocycles. The molecule has 1 aromatic carbocycles. The number of hydrogen-bond donors (Lipinski definition) is 0. The van der Waals surface area contributed by atoms with Gasteiger partial charge in [0, 0.05) is 14.1 Å². The number of hydrogen-bond acceptors (Lipinski definition) is 3. The van der Waals surface area contributed by atoms with E-state index in [-0.39, 0.29) is 11.3 Å². The molecule has 0 spiro atoms. The number of aliphatic imine (C=N–C) groups is 1. The molecule has 0 radical (unpaired) electrons. The van der Waals surface area contributed by atoms with Crippen molar-refractivity contribution in [1.82, 2.24) is 4.90 Å². The molecule has 0 N–H and O–H groups in total. The van der Waals surface area contributed by atoms with Gasteiger partial charge in [0.15, 0.2) is 0 Å². The molecule has 0 amide bonds. The van der Waals surface area contributed by atoms with E-state index in [2.05, 4.69) is 9.73 Å². The van der Waals surface area contributed by atoms with Gasteiger partial charge in [0.05, 0.1) is 12.0 Å². The van der Waals surface area contributed by atoms with Gasteiger partial charge < -0.3 is 9.64 Å². The number of benzene rings is 1. The van der Waals surface area contributed by atoms with Gasteiger partial charge in [-0.2, -0.15) is 14.0 Å². The second-order valence-corrected chi connectivity index (χ2v) is 3.35. The van der Waals surface area contributed by atoms with Crippen LogP contribution in [-0.2, 0) is 0 Å². The number of alkyl halides is 2. The van der Waals surface area contributed by atoms with E-state index in [4.69, 9.17) is 5.26 Å². The van der Waals surface area contributed by atoms with E-state index in [9.17, 15) is 8.78 Å². The van der Waals surface area contributed by atoms with E-state index < -0.39 is 6.61 Å². The Morgan fingerprint density at radius 2 is 2.18 bits per heavy atom. The van der Waals surface area contributed by atoms with Gasteiger partial charge in [-0.15, -0.1) is 0 Å². The number of nitriles is 1. The van der Waals surface area contributed by atoms with E-state index in [1.54, 1.807) is 31.1 Å². The normalized spacial score (nSPS) is 10.6. The second-order valence-electron chi connectivity index (χ2n) is 3.35. The summed E-state index contributed by atoms with van der Waals surface area (Å²) in [6.07, 6.45) is 1.47. The van der Waals surface area contributed by atoms with Gasteiger partial charge in [-0.25, -0.2) is 4.99 Å². The molecule has 90 valence electrons. The summed E-state index contributed by atoms with van der Waals surface area (Å²) in [5.41, 5.74) is 0.283. The fourth-order valence-corrected chi connectivity index (χ4v) is 1.11. The van der Waals surface area contributed by atoms with Gasteiger partial charge in [-0.3, -0.25) is 0 Å². The lowest BCUT2D eigenvalue weighted by Crippen LogP contribution is -2.07. The molecular weight excluding hydrogens is 228 g/mol. The Kier molecular flexibility index (Phi) is 4.40. The number of nitrogens with zero attached hydrogens (tertiary/aromatic N) is 3. The zero-order chi connectivity index (χ0) is 12.8. The van der Waals surface area contributed by atoms with Crippen LogP contribution in [0.5, 0.6) is 5.75 Å². The molecule has 0 heterocycles. The minimum absolute atomic E-state index is 0.00843. The van der Waals surface area contributed by atoms with E-state index in [0.29, 0.717) is 5.69 Å². The summed E-state index contributed by atoms with van der Waals surface area (Å²) in [4.78, 5) is 5.67. The van der Waals surface area contributed by atoms with Crippen LogP contribution in [0.3, 0.4) is 0 Å². The standard InChI is InChI=1S/C11H11F2N3O/c1-16(2)7-15-9-4-3-5-10(8(9)6-14)17-11(12)13/h3-5,7,11H,1-2H3. The molecule has 0 fully saturated rings. The van der Waals surface area contributed by atoms with Crippen LogP contribution in [0.2, 0.25) is 0 Å². The number of halogens is 2. The fraction of sp³-hybridized carbons (Fsp3) is 0.273. The van der Waals surface area contributed by atoms with Gasteiger partial charge >= 0.3 is 6.61 Å². The van der Waals surface area contributed by atoms with Gasteiger partial charge in [-0.05, 0) is 12.1 Å². The maximum Gasteiger partial charge on any atom is 0.387 e.